The van der Waals surface area contributed by atoms with E-state index in [-0.39, 0.29) is 22.9 Å². The van der Waals surface area contributed by atoms with E-state index in [0.29, 0.717) is 15.3 Å². The molecule has 112 valence electrons. The fourth-order valence-electron chi connectivity index (χ4n) is 1.98. The minimum absolute atomic E-state index is 0.144. The fraction of sp³-hybridized carbons (Fsp3) is 0.133. The van der Waals surface area contributed by atoms with Crippen LogP contribution in [-0.2, 0) is 6.54 Å². The van der Waals surface area contributed by atoms with Gasteiger partial charge in [-0.3, -0.25) is 14.8 Å². The van der Waals surface area contributed by atoms with Crippen LogP contribution in [0.3, 0.4) is 0 Å². The van der Waals surface area contributed by atoms with Crippen LogP contribution in [0.4, 0.5) is 4.39 Å². The van der Waals surface area contributed by atoms with Gasteiger partial charge in [-0.15, -0.1) is 11.3 Å². The lowest BCUT2D eigenvalue weighted by atomic mass is 10.2. The second-order valence-corrected chi connectivity index (χ2v) is 6.12. The first-order valence-electron chi connectivity index (χ1n) is 6.48. The van der Waals surface area contributed by atoms with Gasteiger partial charge in [-0.2, -0.15) is 0 Å². The zero-order valence-electron chi connectivity index (χ0n) is 11.6. The van der Waals surface area contributed by atoms with Gasteiger partial charge in [0.05, 0.1) is 29.2 Å². The van der Waals surface area contributed by atoms with E-state index in [1.165, 1.54) is 6.07 Å². The van der Waals surface area contributed by atoms with E-state index in [1.54, 1.807) is 24.5 Å². The van der Waals surface area contributed by atoms with E-state index < -0.39 is 5.82 Å². The molecule has 0 aliphatic carbocycles. The molecule has 0 spiro atoms. The highest BCUT2D eigenvalue weighted by molar-refractivity contribution is 7.21. The molecule has 22 heavy (non-hydrogen) atoms. The third kappa shape index (κ3) is 2.80. The summed E-state index contributed by atoms with van der Waals surface area (Å²) < 4.78 is 14.4. The highest BCUT2D eigenvalue weighted by atomic mass is 35.5. The molecule has 2 aromatic heterocycles. The van der Waals surface area contributed by atoms with Gasteiger partial charge in [0, 0.05) is 16.3 Å². The molecule has 0 aliphatic heterocycles. The molecule has 1 amide bonds. The van der Waals surface area contributed by atoms with Crippen LogP contribution in [0, 0.1) is 12.7 Å². The molecule has 4 nitrogen and oxygen atoms in total. The molecule has 3 aromatic rings. The molecular formula is C15H11ClFN3OS. The second kappa shape index (κ2) is 5.98. The highest BCUT2D eigenvalue weighted by Gasteiger charge is 2.19. The Labute approximate surface area is 135 Å². The molecule has 0 saturated heterocycles. The number of amides is 1. The second-order valence-electron chi connectivity index (χ2n) is 4.69. The number of aryl methyl sites for hydroxylation is 1. The Morgan fingerprint density at radius 2 is 2.18 bits per heavy atom. The van der Waals surface area contributed by atoms with E-state index in [4.69, 9.17) is 11.6 Å². The maximum absolute atomic E-state index is 13.8. The number of fused-ring (bicyclic) bond motifs is 1. The van der Waals surface area contributed by atoms with Crippen LogP contribution < -0.4 is 5.32 Å². The van der Waals surface area contributed by atoms with Crippen molar-refractivity contribution in [1.82, 2.24) is 15.3 Å². The predicted octanol–water partition coefficient (Wildman–Crippen LogP) is 3.72. The van der Waals surface area contributed by atoms with Crippen molar-refractivity contribution in [2.45, 2.75) is 13.5 Å². The summed E-state index contributed by atoms with van der Waals surface area (Å²) in [4.78, 5) is 20.8. The van der Waals surface area contributed by atoms with Crippen LogP contribution in [0.2, 0.25) is 5.02 Å². The summed E-state index contributed by atoms with van der Waals surface area (Å²) in [6.07, 6.45) is 3.23. The monoisotopic (exact) mass is 335 g/mol. The fourth-order valence-corrected chi connectivity index (χ4v) is 3.45. The number of hydrogen-bond acceptors (Lipinski definition) is 4. The number of hydrogen-bond donors (Lipinski definition) is 1. The van der Waals surface area contributed by atoms with Crippen molar-refractivity contribution < 1.29 is 9.18 Å². The summed E-state index contributed by atoms with van der Waals surface area (Å²) in [5.41, 5.74) is 1.44. The number of benzene rings is 1. The van der Waals surface area contributed by atoms with Crippen LogP contribution in [0.25, 0.3) is 10.1 Å². The number of halogens is 2. The summed E-state index contributed by atoms with van der Waals surface area (Å²) in [5.74, 6) is -0.782. The summed E-state index contributed by atoms with van der Waals surface area (Å²) >= 11 is 7.31. The van der Waals surface area contributed by atoms with Gasteiger partial charge in [0.2, 0.25) is 0 Å². The van der Waals surface area contributed by atoms with E-state index >= 15 is 0 Å². The first-order valence-corrected chi connectivity index (χ1v) is 7.68. The third-order valence-corrected chi connectivity index (χ3v) is 4.72. The van der Waals surface area contributed by atoms with Crippen molar-refractivity contribution in [3.8, 4) is 0 Å². The van der Waals surface area contributed by atoms with Crippen molar-refractivity contribution >= 4 is 38.9 Å². The lowest BCUT2D eigenvalue weighted by Crippen LogP contribution is -2.22. The Kier molecular flexibility index (Phi) is 4.04. The molecule has 0 bridgehead atoms. The zero-order chi connectivity index (χ0) is 15.7. The summed E-state index contributed by atoms with van der Waals surface area (Å²) in [6.45, 7) is 2.07. The Balaban J connectivity index is 1.82. The predicted molar refractivity (Wildman–Crippen MR) is 84.7 cm³/mol. The maximum atomic E-state index is 13.8. The molecule has 3 rings (SSSR count). The van der Waals surface area contributed by atoms with Gasteiger partial charge in [0.15, 0.2) is 0 Å². The topological polar surface area (TPSA) is 54.9 Å². The van der Waals surface area contributed by atoms with Crippen molar-refractivity contribution in [3.63, 3.8) is 0 Å². The molecule has 0 unspecified atom stereocenters. The first-order chi connectivity index (χ1) is 10.6. The largest absolute Gasteiger partial charge is 0.346 e. The first kappa shape index (κ1) is 14.9. The number of carbonyl (C=O) groups is 1. The van der Waals surface area contributed by atoms with Crippen molar-refractivity contribution in [3.05, 3.63) is 57.7 Å². The van der Waals surface area contributed by atoms with E-state index in [9.17, 15) is 9.18 Å². The average molecular weight is 336 g/mol. The molecular weight excluding hydrogens is 325 g/mol. The van der Waals surface area contributed by atoms with E-state index in [1.807, 2.05) is 6.92 Å². The minimum atomic E-state index is -0.429. The van der Waals surface area contributed by atoms with Gasteiger partial charge in [0.1, 0.15) is 10.7 Å². The standard InChI is InChI=1S/C15H11ClFN3OS/c1-8-5-19-9(6-18-8)7-20-15(21)14-13(16)12-10(17)3-2-4-11(12)22-14/h2-6H,7H2,1H3,(H,20,21). The van der Waals surface area contributed by atoms with Crippen molar-refractivity contribution in [2.75, 3.05) is 0 Å². The molecule has 2 heterocycles. The Hall–Kier alpha value is -2.05. The molecule has 1 N–H and O–H groups in total. The molecule has 0 aliphatic rings. The van der Waals surface area contributed by atoms with Crippen molar-refractivity contribution in [2.24, 2.45) is 0 Å². The summed E-state index contributed by atoms with van der Waals surface area (Å²) in [7, 11) is 0. The van der Waals surface area contributed by atoms with Gasteiger partial charge in [-0.05, 0) is 19.1 Å². The number of nitrogens with zero attached hydrogens (tertiary/aromatic N) is 2. The quantitative estimate of drug-likeness (QED) is 0.793. The molecule has 7 heteroatoms. The number of carbonyl (C=O) groups excluding carboxylic acids is 1. The maximum Gasteiger partial charge on any atom is 0.263 e. The molecule has 1 aromatic carbocycles. The van der Waals surface area contributed by atoms with Crippen LogP contribution in [0.5, 0.6) is 0 Å². The molecule has 0 fully saturated rings. The Morgan fingerprint density at radius 1 is 1.36 bits per heavy atom. The van der Waals surface area contributed by atoms with Gasteiger partial charge in [-0.1, -0.05) is 17.7 Å². The number of nitrogens with one attached hydrogen (secondary N) is 1. The van der Waals surface area contributed by atoms with E-state index in [2.05, 4.69) is 15.3 Å². The van der Waals surface area contributed by atoms with Crippen LogP contribution in [0.15, 0.2) is 30.6 Å². The number of rotatable bonds is 3. The number of aromatic nitrogens is 2. The summed E-state index contributed by atoms with van der Waals surface area (Å²) in [5, 5.41) is 3.15. The van der Waals surface area contributed by atoms with E-state index in [0.717, 1.165) is 17.0 Å². The molecule has 0 radical (unpaired) electrons. The zero-order valence-corrected chi connectivity index (χ0v) is 13.1. The Morgan fingerprint density at radius 3 is 2.86 bits per heavy atom. The Bertz CT molecular complexity index is 848. The molecule has 0 saturated carbocycles. The van der Waals surface area contributed by atoms with Crippen molar-refractivity contribution in [1.29, 1.82) is 0 Å². The normalized spacial score (nSPS) is 10.9. The van der Waals surface area contributed by atoms with Gasteiger partial charge >= 0.3 is 0 Å². The minimum Gasteiger partial charge on any atom is -0.346 e. The summed E-state index contributed by atoms with van der Waals surface area (Å²) in [6, 6.07) is 4.65. The average Bonchev–Trinajstić information content (AvgIpc) is 2.85. The van der Waals surface area contributed by atoms with Crippen LogP contribution >= 0.6 is 22.9 Å². The highest BCUT2D eigenvalue weighted by Crippen LogP contribution is 2.36. The smallest absolute Gasteiger partial charge is 0.263 e. The van der Waals surface area contributed by atoms with Gasteiger partial charge in [0.25, 0.3) is 5.91 Å². The lowest BCUT2D eigenvalue weighted by molar-refractivity contribution is 0.0954. The lowest BCUT2D eigenvalue weighted by Gasteiger charge is -2.03. The van der Waals surface area contributed by atoms with Gasteiger partial charge in [-0.25, -0.2) is 4.39 Å². The van der Waals surface area contributed by atoms with Crippen LogP contribution in [0.1, 0.15) is 21.1 Å². The SMILES string of the molecule is Cc1cnc(CNC(=O)c2sc3cccc(F)c3c2Cl)cn1. The number of thiophene rings is 1. The van der Waals surface area contributed by atoms with Crippen LogP contribution in [-0.4, -0.2) is 15.9 Å². The third-order valence-electron chi connectivity index (χ3n) is 3.08. The molecule has 0 atom stereocenters. The van der Waals surface area contributed by atoms with Gasteiger partial charge < -0.3 is 5.32 Å².